The van der Waals surface area contributed by atoms with Gasteiger partial charge in [-0.2, -0.15) is 9.49 Å². The zero-order chi connectivity index (χ0) is 10.3. The van der Waals surface area contributed by atoms with Crippen LogP contribution < -0.4 is 5.46 Å². The molecule has 2 rings (SSSR count). The molecule has 0 aliphatic carbocycles. The minimum atomic E-state index is -1.55. The molecule has 0 spiro atoms. The molecule has 1 aromatic carbocycles. The minimum Gasteiger partial charge on any atom is -0.423 e. The Morgan fingerprint density at radius 1 is 1.43 bits per heavy atom. The minimum absolute atomic E-state index is 0.301. The summed E-state index contributed by atoms with van der Waals surface area (Å²) in [7, 11) is -0.0610. The molecule has 0 unspecified atom stereocenters. The highest BCUT2D eigenvalue weighted by Gasteiger charge is 2.14. The fraction of sp³-hybridized carbons (Fsp3) is 0.125. The lowest BCUT2D eigenvalue weighted by Crippen LogP contribution is -2.29. The normalized spacial score (nSPS) is 10.9. The molecule has 0 atom stereocenters. The van der Waals surface area contributed by atoms with E-state index in [1.54, 1.807) is 0 Å². The van der Waals surface area contributed by atoms with Crippen molar-refractivity contribution in [3.8, 4) is 0 Å². The van der Waals surface area contributed by atoms with Crippen molar-refractivity contribution < 1.29 is 14.4 Å². The van der Waals surface area contributed by atoms with E-state index >= 15 is 0 Å². The first-order valence-corrected chi connectivity index (χ1v) is 4.08. The third kappa shape index (κ3) is 1.28. The predicted molar refractivity (Wildman–Crippen MR) is 50.5 cm³/mol. The fourth-order valence-electron chi connectivity index (χ4n) is 1.35. The second-order valence-electron chi connectivity index (χ2n) is 3.06. The van der Waals surface area contributed by atoms with Crippen molar-refractivity contribution in [3.63, 3.8) is 0 Å². The summed E-state index contributed by atoms with van der Waals surface area (Å²) in [5.41, 5.74) is 0.714. The van der Waals surface area contributed by atoms with Gasteiger partial charge in [0.2, 0.25) is 5.95 Å². The van der Waals surface area contributed by atoms with Crippen LogP contribution in [0, 0.1) is 5.95 Å². The van der Waals surface area contributed by atoms with Crippen LogP contribution in [0.15, 0.2) is 18.2 Å². The van der Waals surface area contributed by atoms with Crippen molar-refractivity contribution in [1.29, 1.82) is 0 Å². The molecule has 0 aliphatic rings. The molecule has 1 heterocycles. The predicted octanol–water partition coefficient (Wildman–Crippen LogP) is -0.608. The lowest BCUT2D eigenvalue weighted by atomic mass is 9.80. The average Bonchev–Trinajstić information content (AvgIpc) is 2.42. The van der Waals surface area contributed by atoms with Gasteiger partial charge in [-0.1, -0.05) is 6.07 Å². The Bertz CT molecular complexity index is 483. The van der Waals surface area contributed by atoms with Crippen LogP contribution in [0.1, 0.15) is 0 Å². The summed E-state index contributed by atoms with van der Waals surface area (Å²) in [5.74, 6) is -0.432. The maximum atomic E-state index is 13.3. The summed E-state index contributed by atoms with van der Waals surface area (Å²) in [5, 5.41) is 22.0. The van der Waals surface area contributed by atoms with Crippen molar-refractivity contribution in [3.05, 3.63) is 24.1 Å². The Hall–Kier alpha value is -1.40. The quantitative estimate of drug-likeness (QED) is 0.595. The zero-order valence-electron chi connectivity index (χ0n) is 7.48. The van der Waals surface area contributed by atoms with Gasteiger partial charge in [-0.15, -0.1) is 0 Å². The van der Waals surface area contributed by atoms with Gasteiger partial charge in [0.15, 0.2) is 0 Å². The smallest absolute Gasteiger partial charge is 0.423 e. The Kier molecular flexibility index (Phi) is 2.01. The van der Waals surface area contributed by atoms with Crippen LogP contribution in [0.2, 0.25) is 0 Å². The van der Waals surface area contributed by atoms with Crippen LogP contribution in [0.4, 0.5) is 4.39 Å². The molecule has 6 heteroatoms. The molecule has 0 bridgehead atoms. The number of hydrogen-bond donors (Lipinski definition) is 2. The van der Waals surface area contributed by atoms with Gasteiger partial charge in [-0.05, 0) is 17.6 Å². The highest BCUT2D eigenvalue weighted by molar-refractivity contribution is 6.58. The van der Waals surface area contributed by atoms with Crippen LogP contribution in [0.3, 0.4) is 0 Å². The summed E-state index contributed by atoms with van der Waals surface area (Å²) in [6.07, 6.45) is 0. The van der Waals surface area contributed by atoms with E-state index in [1.165, 1.54) is 25.2 Å². The van der Waals surface area contributed by atoms with Crippen molar-refractivity contribution in [2.45, 2.75) is 0 Å². The van der Waals surface area contributed by atoms with Crippen LogP contribution in [0.25, 0.3) is 10.9 Å². The van der Waals surface area contributed by atoms with Crippen LogP contribution in [-0.4, -0.2) is 26.9 Å². The second-order valence-corrected chi connectivity index (χ2v) is 3.06. The lowest BCUT2D eigenvalue weighted by Gasteiger charge is -1.96. The van der Waals surface area contributed by atoms with Gasteiger partial charge in [0.1, 0.15) is 0 Å². The van der Waals surface area contributed by atoms with Crippen molar-refractivity contribution >= 4 is 23.5 Å². The zero-order valence-corrected chi connectivity index (χ0v) is 7.48. The van der Waals surface area contributed by atoms with Gasteiger partial charge in [0.05, 0.1) is 10.9 Å². The molecule has 0 fully saturated rings. The van der Waals surface area contributed by atoms with E-state index in [2.05, 4.69) is 5.10 Å². The van der Waals surface area contributed by atoms with Crippen LogP contribution in [-0.2, 0) is 7.05 Å². The van der Waals surface area contributed by atoms with Gasteiger partial charge in [0, 0.05) is 7.05 Å². The highest BCUT2D eigenvalue weighted by atomic mass is 19.1. The number of fused-ring (bicyclic) bond motifs is 1. The summed E-state index contributed by atoms with van der Waals surface area (Å²) in [4.78, 5) is 0. The van der Waals surface area contributed by atoms with Gasteiger partial charge in [-0.25, -0.2) is 4.68 Å². The first-order chi connectivity index (χ1) is 6.59. The van der Waals surface area contributed by atoms with Gasteiger partial charge in [0.25, 0.3) is 0 Å². The number of rotatable bonds is 1. The summed E-state index contributed by atoms with van der Waals surface area (Å²) in [6.45, 7) is 0. The van der Waals surface area contributed by atoms with E-state index in [9.17, 15) is 4.39 Å². The molecule has 4 nitrogen and oxygen atoms in total. The van der Waals surface area contributed by atoms with E-state index in [1.807, 2.05) is 0 Å². The SMILES string of the molecule is Cn1nc2cc(B(O)O)ccc2c1F. The number of aromatic nitrogens is 2. The Morgan fingerprint density at radius 3 is 2.79 bits per heavy atom. The fourth-order valence-corrected chi connectivity index (χ4v) is 1.35. The first-order valence-electron chi connectivity index (χ1n) is 4.08. The monoisotopic (exact) mass is 194 g/mol. The molecule has 14 heavy (non-hydrogen) atoms. The van der Waals surface area contributed by atoms with Crippen molar-refractivity contribution in [2.24, 2.45) is 7.05 Å². The molecule has 1 aromatic heterocycles. The van der Waals surface area contributed by atoms with Crippen LogP contribution >= 0.6 is 0 Å². The molecule has 2 N–H and O–H groups in total. The molecule has 0 aliphatic heterocycles. The lowest BCUT2D eigenvalue weighted by molar-refractivity contribution is 0.426. The van der Waals surface area contributed by atoms with E-state index in [0.29, 0.717) is 16.4 Å². The topological polar surface area (TPSA) is 58.3 Å². The van der Waals surface area contributed by atoms with Gasteiger partial charge in [-0.3, -0.25) is 0 Å². The van der Waals surface area contributed by atoms with Gasteiger partial charge >= 0.3 is 7.12 Å². The number of halogens is 1. The largest absolute Gasteiger partial charge is 0.488 e. The molecule has 72 valence electrons. The third-order valence-electron chi connectivity index (χ3n) is 2.08. The molecule has 0 radical (unpaired) electrons. The van der Waals surface area contributed by atoms with Gasteiger partial charge < -0.3 is 10.0 Å². The van der Waals surface area contributed by atoms with Crippen molar-refractivity contribution in [2.75, 3.05) is 0 Å². The summed E-state index contributed by atoms with van der Waals surface area (Å²) >= 11 is 0. The molecular weight excluding hydrogens is 186 g/mol. The third-order valence-corrected chi connectivity index (χ3v) is 2.08. The number of nitrogens with zero attached hydrogens (tertiary/aromatic N) is 2. The first kappa shape index (κ1) is 9.17. The second kappa shape index (κ2) is 3.07. The standard InChI is InChI=1S/C8H8BFN2O2/c1-12-8(10)6-3-2-5(9(13)14)4-7(6)11-12/h2-4,13-14H,1H3. The van der Waals surface area contributed by atoms with E-state index < -0.39 is 13.1 Å². The Morgan fingerprint density at radius 2 is 2.14 bits per heavy atom. The van der Waals surface area contributed by atoms with E-state index in [4.69, 9.17) is 10.0 Å². The molecular formula is C8H8BFN2O2. The number of benzene rings is 1. The Labute approximate surface area is 79.7 Å². The van der Waals surface area contributed by atoms with E-state index in [-0.39, 0.29) is 0 Å². The molecule has 0 saturated heterocycles. The maximum Gasteiger partial charge on any atom is 0.488 e. The maximum absolute atomic E-state index is 13.3. The highest BCUT2D eigenvalue weighted by Crippen LogP contribution is 2.14. The Balaban J connectivity index is 2.67. The number of aryl methyl sites for hydroxylation is 1. The van der Waals surface area contributed by atoms with Crippen molar-refractivity contribution in [1.82, 2.24) is 9.78 Å². The average molecular weight is 194 g/mol. The molecule has 0 amide bonds. The summed E-state index contributed by atoms with van der Waals surface area (Å²) < 4.78 is 14.4. The molecule has 2 aromatic rings. The molecule has 0 saturated carbocycles. The van der Waals surface area contributed by atoms with E-state index in [0.717, 1.165) is 4.68 Å². The summed E-state index contributed by atoms with van der Waals surface area (Å²) in [6, 6.07) is 4.38. The van der Waals surface area contributed by atoms with Crippen LogP contribution in [0.5, 0.6) is 0 Å². The number of hydrogen-bond acceptors (Lipinski definition) is 3.